The minimum atomic E-state index is -1.55. The second kappa shape index (κ2) is 32.1. The summed E-state index contributed by atoms with van der Waals surface area (Å²) < 4.78 is 11.1. The maximum absolute atomic E-state index is 12.8. The van der Waals surface area contributed by atoms with Crippen molar-refractivity contribution in [1.82, 2.24) is 5.32 Å². The Morgan fingerprint density at radius 1 is 0.680 bits per heavy atom. The first-order valence-corrected chi connectivity index (χ1v) is 20.2. The molecule has 0 spiro atoms. The lowest BCUT2D eigenvalue weighted by molar-refractivity contribution is -0.302. The number of amides is 1. The van der Waals surface area contributed by atoms with Gasteiger partial charge in [0.05, 0.1) is 25.4 Å². The molecule has 7 atom stereocenters. The van der Waals surface area contributed by atoms with Crippen molar-refractivity contribution >= 4 is 5.91 Å². The summed E-state index contributed by atoms with van der Waals surface area (Å²) in [5.74, 6) is -0.163. The first-order valence-electron chi connectivity index (χ1n) is 20.2. The lowest BCUT2D eigenvalue weighted by atomic mass is 9.99. The number of carbonyl (C=O) groups is 1. The lowest BCUT2D eigenvalue weighted by Gasteiger charge is -2.40. The molecule has 1 amide bonds. The van der Waals surface area contributed by atoms with Gasteiger partial charge in [-0.2, -0.15) is 0 Å². The van der Waals surface area contributed by atoms with Gasteiger partial charge >= 0.3 is 0 Å². The Hall–Kier alpha value is -1.59. The zero-order chi connectivity index (χ0) is 36.7. The number of aliphatic hydroxyl groups is 5. The van der Waals surface area contributed by atoms with Gasteiger partial charge in [0.2, 0.25) is 5.91 Å². The molecule has 1 saturated heterocycles. The first-order chi connectivity index (χ1) is 24.3. The Morgan fingerprint density at radius 3 is 1.74 bits per heavy atom. The van der Waals surface area contributed by atoms with Gasteiger partial charge in [0.15, 0.2) is 6.29 Å². The van der Waals surface area contributed by atoms with Gasteiger partial charge in [0.1, 0.15) is 24.4 Å². The van der Waals surface area contributed by atoms with Gasteiger partial charge in [-0.3, -0.25) is 4.79 Å². The van der Waals surface area contributed by atoms with E-state index in [0.717, 1.165) is 64.2 Å². The van der Waals surface area contributed by atoms with E-state index in [1.165, 1.54) is 70.6 Å². The third-order valence-electron chi connectivity index (χ3n) is 9.50. The van der Waals surface area contributed by atoms with Crippen molar-refractivity contribution in [2.75, 3.05) is 13.2 Å². The lowest BCUT2D eigenvalue weighted by Crippen LogP contribution is -2.60. The summed E-state index contributed by atoms with van der Waals surface area (Å²) in [4.78, 5) is 12.8. The number of ether oxygens (including phenoxy) is 2. The molecule has 0 aromatic carbocycles. The molecule has 1 aliphatic rings. The summed E-state index contributed by atoms with van der Waals surface area (Å²) >= 11 is 0. The Balaban J connectivity index is 2.19. The topological polar surface area (TPSA) is 149 Å². The number of aliphatic hydroxyl groups excluding tert-OH is 5. The minimum Gasteiger partial charge on any atom is -0.394 e. The van der Waals surface area contributed by atoms with Crippen molar-refractivity contribution in [2.45, 2.75) is 204 Å². The van der Waals surface area contributed by atoms with Crippen LogP contribution in [0.2, 0.25) is 0 Å². The first kappa shape index (κ1) is 46.4. The molecule has 1 fully saturated rings. The van der Waals surface area contributed by atoms with Crippen LogP contribution in [0.15, 0.2) is 36.5 Å². The summed E-state index contributed by atoms with van der Waals surface area (Å²) in [5.41, 5.74) is 0. The summed E-state index contributed by atoms with van der Waals surface area (Å²) in [5, 5.41) is 53.6. The molecular weight excluding hydrogens is 634 g/mol. The number of rotatable bonds is 32. The molecule has 9 heteroatoms. The minimum absolute atomic E-state index is 0.145. The van der Waals surface area contributed by atoms with Gasteiger partial charge in [-0.25, -0.2) is 0 Å². The fourth-order valence-electron chi connectivity index (χ4n) is 6.16. The monoisotopic (exact) mass is 710 g/mol. The largest absolute Gasteiger partial charge is 0.394 e. The molecule has 1 rings (SSSR count). The van der Waals surface area contributed by atoms with Crippen LogP contribution in [-0.2, 0) is 14.3 Å². The zero-order valence-corrected chi connectivity index (χ0v) is 31.6. The molecule has 0 aromatic heterocycles. The average molecular weight is 710 g/mol. The van der Waals surface area contributed by atoms with Gasteiger partial charge < -0.3 is 40.3 Å². The number of hydrogen-bond donors (Lipinski definition) is 6. The van der Waals surface area contributed by atoms with Crippen LogP contribution in [0.3, 0.4) is 0 Å². The maximum atomic E-state index is 12.8. The molecule has 6 N–H and O–H groups in total. The highest BCUT2D eigenvalue weighted by atomic mass is 16.7. The van der Waals surface area contributed by atoms with Crippen LogP contribution < -0.4 is 5.32 Å². The van der Waals surface area contributed by atoms with E-state index in [9.17, 15) is 30.3 Å². The van der Waals surface area contributed by atoms with Crippen LogP contribution in [0.25, 0.3) is 0 Å². The highest BCUT2D eigenvalue weighted by Gasteiger charge is 2.44. The highest BCUT2D eigenvalue weighted by molar-refractivity contribution is 5.76. The third-order valence-corrected chi connectivity index (χ3v) is 9.50. The molecule has 1 heterocycles. The molecule has 50 heavy (non-hydrogen) atoms. The number of carbonyl (C=O) groups excluding carboxylic acids is 1. The van der Waals surface area contributed by atoms with Crippen LogP contribution in [0.4, 0.5) is 0 Å². The van der Waals surface area contributed by atoms with Crippen molar-refractivity contribution in [1.29, 1.82) is 0 Å². The summed E-state index contributed by atoms with van der Waals surface area (Å²) in [6, 6.07) is -0.718. The second-order valence-corrected chi connectivity index (χ2v) is 14.1. The van der Waals surface area contributed by atoms with Crippen LogP contribution >= 0.6 is 0 Å². The molecule has 1 aliphatic heterocycles. The van der Waals surface area contributed by atoms with Gasteiger partial charge in [0, 0.05) is 6.42 Å². The van der Waals surface area contributed by atoms with Gasteiger partial charge in [0.25, 0.3) is 0 Å². The van der Waals surface area contributed by atoms with Crippen molar-refractivity contribution in [2.24, 2.45) is 0 Å². The van der Waals surface area contributed by atoms with Crippen LogP contribution in [0.5, 0.6) is 0 Å². The number of nitrogens with one attached hydrogen (secondary N) is 1. The van der Waals surface area contributed by atoms with Crippen molar-refractivity contribution < 1.29 is 39.8 Å². The molecular formula is C41H75NO8. The standard InChI is InChI=1S/C41H75NO8/c1-3-5-7-9-10-11-12-13-14-15-16-17-18-19-20-21-22-23-24-25-26-27-29-31-37(45)42-34(35(44)30-28-8-6-4-2)33-49-41-40(48)39(47)38(46)36(32-43)50-41/h12-13,15-16,18-19,34-36,38-41,43-44,46-48H,3-11,14,17,20-33H2,1-2H3,(H,42,45)/b13-12-,16-15-,19-18-. The van der Waals surface area contributed by atoms with E-state index >= 15 is 0 Å². The maximum Gasteiger partial charge on any atom is 0.220 e. The van der Waals surface area contributed by atoms with E-state index < -0.39 is 49.5 Å². The van der Waals surface area contributed by atoms with Crippen molar-refractivity contribution in [3.8, 4) is 0 Å². The average Bonchev–Trinajstić information content (AvgIpc) is 3.11. The normalized spacial score (nSPS) is 22.6. The summed E-state index contributed by atoms with van der Waals surface area (Å²) in [6.07, 6.45) is 30.7. The molecule has 0 aliphatic carbocycles. The smallest absolute Gasteiger partial charge is 0.220 e. The van der Waals surface area contributed by atoms with Gasteiger partial charge in [-0.1, -0.05) is 140 Å². The zero-order valence-electron chi connectivity index (χ0n) is 31.6. The Labute approximate surface area is 304 Å². The van der Waals surface area contributed by atoms with Crippen LogP contribution in [-0.4, -0.2) is 87.5 Å². The fourth-order valence-corrected chi connectivity index (χ4v) is 6.16. The van der Waals surface area contributed by atoms with E-state index in [1.54, 1.807) is 0 Å². The quantitative estimate of drug-likeness (QED) is 0.0314. The van der Waals surface area contributed by atoms with E-state index in [2.05, 4.69) is 55.6 Å². The van der Waals surface area contributed by atoms with Crippen LogP contribution in [0.1, 0.15) is 162 Å². The molecule has 0 saturated carbocycles. The molecule has 292 valence electrons. The number of hydrogen-bond acceptors (Lipinski definition) is 8. The van der Waals surface area contributed by atoms with E-state index in [1.807, 2.05) is 0 Å². The van der Waals surface area contributed by atoms with Crippen LogP contribution in [0, 0.1) is 0 Å². The Kier molecular flexibility index (Phi) is 29.8. The molecule has 7 unspecified atom stereocenters. The van der Waals surface area contributed by atoms with Gasteiger partial charge in [-0.05, 0) is 51.4 Å². The second-order valence-electron chi connectivity index (χ2n) is 14.1. The molecule has 9 nitrogen and oxygen atoms in total. The molecule has 0 bridgehead atoms. The van der Waals surface area contributed by atoms with E-state index in [-0.39, 0.29) is 12.5 Å². The highest BCUT2D eigenvalue weighted by Crippen LogP contribution is 2.23. The van der Waals surface area contributed by atoms with Crippen molar-refractivity contribution in [3.63, 3.8) is 0 Å². The predicted molar refractivity (Wildman–Crippen MR) is 203 cm³/mol. The number of unbranched alkanes of at least 4 members (excludes halogenated alkanes) is 16. The Bertz CT molecular complexity index is 879. The SMILES string of the molecule is CCCCCCC/C=C\C/C=C\C/C=C\CCCCCCCCCCC(=O)NC(COC1OC(CO)C(O)C(O)C1O)C(O)CCCCCC. The molecule has 0 aromatic rings. The third kappa shape index (κ3) is 23.1. The van der Waals surface area contributed by atoms with E-state index in [4.69, 9.17) is 9.47 Å². The Morgan fingerprint density at radius 2 is 1.18 bits per heavy atom. The van der Waals surface area contributed by atoms with Crippen molar-refractivity contribution in [3.05, 3.63) is 36.5 Å². The van der Waals surface area contributed by atoms with Gasteiger partial charge in [-0.15, -0.1) is 0 Å². The number of allylic oxidation sites excluding steroid dienone is 6. The molecule has 0 radical (unpaired) electrons. The van der Waals surface area contributed by atoms with E-state index in [0.29, 0.717) is 12.8 Å². The fraction of sp³-hybridized carbons (Fsp3) is 0.829. The predicted octanol–water partition coefficient (Wildman–Crippen LogP) is 7.33. The summed E-state index contributed by atoms with van der Waals surface area (Å²) in [7, 11) is 0. The summed E-state index contributed by atoms with van der Waals surface area (Å²) in [6.45, 7) is 3.67.